The third-order valence-corrected chi connectivity index (χ3v) is 3.08. The Morgan fingerprint density at radius 3 is 2.54 bits per heavy atom. The Balaban J connectivity index is 4.08. The van der Waals surface area contributed by atoms with Crippen molar-refractivity contribution < 1.29 is 13.2 Å². The molecule has 0 aliphatic heterocycles. The molecular weight excluding hydrogens is 190 g/mol. The second kappa shape index (κ2) is 4.87. The van der Waals surface area contributed by atoms with Crippen LogP contribution < -0.4 is 5.32 Å². The molecule has 0 aromatic heterocycles. The van der Waals surface area contributed by atoms with Gasteiger partial charge in [-0.1, -0.05) is 0 Å². The molecule has 0 aromatic rings. The summed E-state index contributed by atoms with van der Waals surface area (Å²) in [6.07, 6.45) is 6.39. The van der Waals surface area contributed by atoms with Crippen molar-refractivity contribution in [2.75, 3.05) is 12.8 Å². The molecular formula is C8H13NO3S. The predicted octanol–water partition coefficient (Wildman–Crippen LogP) is -0.441. The lowest BCUT2D eigenvalue weighted by Crippen LogP contribution is -2.37. The molecule has 0 spiro atoms. The summed E-state index contributed by atoms with van der Waals surface area (Å²) in [6, 6.07) is 0. The summed E-state index contributed by atoms with van der Waals surface area (Å²) in [5, 5.41) is 1.42. The fraction of sp³-hybridized carbons (Fsp3) is 0.625. The number of carbonyl (C=O) groups excluding carboxylic acids is 1. The molecule has 0 aromatic carbocycles. The van der Waals surface area contributed by atoms with Crippen LogP contribution >= 0.6 is 0 Å². The zero-order valence-electron chi connectivity index (χ0n) is 7.70. The smallest absolute Gasteiger partial charge is 0.238 e. The molecule has 4 nitrogen and oxygen atoms in total. The van der Waals surface area contributed by atoms with Gasteiger partial charge in [-0.15, -0.1) is 12.3 Å². The van der Waals surface area contributed by atoms with Crippen molar-refractivity contribution in [2.45, 2.75) is 18.6 Å². The molecule has 1 atom stereocenters. The first-order valence-corrected chi connectivity index (χ1v) is 5.75. The number of amides is 1. The maximum atomic E-state index is 11.1. The number of rotatable bonds is 4. The van der Waals surface area contributed by atoms with Crippen LogP contribution in [0, 0.1) is 12.3 Å². The summed E-state index contributed by atoms with van der Waals surface area (Å²) in [4.78, 5) is 11.1. The maximum Gasteiger partial charge on any atom is 0.238 e. The number of hydrogen-bond acceptors (Lipinski definition) is 3. The van der Waals surface area contributed by atoms with Crippen LogP contribution in [0.15, 0.2) is 0 Å². The van der Waals surface area contributed by atoms with E-state index in [0.717, 1.165) is 6.26 Å². The van der Waals surface area contributed by atoms with Crippen LogP contribution in [0.4, 0.5) is 0 Å². The number of sulfone groups is 1. The van der Waals surface area contributed by atoms with Gasteiger partial charge in [0.05, 0.1) is 0 Å². The largest absolute Gasteiger partial charge is 0.354 e. The van der Waals surface area contributed by atoms with Crippen LogP contribution in [0.1, 0.15) is 13.3 Å². The van der Waals surface area contributed by atoms with Crippen molar-refractivity contribution in [1.29, 1.82) is 0 Å². The number of nitrogens with one attached hydrogen (secondary N) is 1. The summed E-state index contributed by atoms with van der Waals surface area (Å²) in [5.74, 6) is 1.83. The predicted molar refractivity (Wildman–Crippen MR) is 50.8 cm³/mol. The maximum absolute atomic E-state index is 11.1. The fourth-order valence-corrected chi connectivity index (χ4v) is 1.07. The van der Waals surface area contributed by atoms with E-state index in [4.69, 9.17) is 6.42 Å². The van der Waals surface area contributed by atoms with E-state index in [-0.39, 0.29) is 0 Å². The molecule has 5 heteroatoms. The van der Waals surface area contributed by atoms with Gasteiger partial charge in [0.15, 0.2) is 9.84 Å². The molecule has 0 heterocycles. The highest BCUT2D eigenvalue weighted by atomic mass is 32.2. The summed E-state index contributed by atoms with van der Waals surface area (Å²) in [7, 11) is -3.30. The van der Waals surface area contributed by atoms with Gasteiger partial charge in [0, 0.05) is 19.2 Å². The van der Waals surface area contributed by atoms with Crippen LogP contribution in [0.2, 0.25) is 0 Å². The highest BCUT2D eigenvalue weighted by Gasteiger charge is 2.22. The van der Waals surface area contributed by atoms with Gasteiger partial charge >= 0.3 is 0 Å². The minimum absolute atomic E-state index is 0.315. The Hall–Kier alpha value is -1.02. The summed E-state index contributed by atoms with van der Waals surface area (Å²) in [6.45, 7) is 1.66. The van der Waals surface area contributed by atoms with E-state index >= 15 is 0 Å². The minimum Gasteiger partial charge on any atom is -0.354 e. The number of terminal acetylenes is 1. The third-order valence-electron chi connectivity index (χ3n) is 1.58. The van der Waals surface area contributed by atoms with Crippen molar-refractivity contribution in [3.63, 3.8) is 0 Å². The van der Waals surface area contributed by atoms with Gasteiger partial charge in [0.2, 0.25) is 5.91 Å². The zero-order chi connectivity index (χ0) is 10.5. The molecule has 0 aliphatic carbocycles. The van der Waals surface area contributed by atoms with Gasteiger partial charge in [-0.25, -0.2) is 8.42 Å². The molecule has 74 valence electrons. The standard InChI is InChI=1S/C8H13NO3S/c1-4-5-6-9-8(10)7(2)13(3,11)12/h1,7H,5-6H2,2-3H3,(H,9,10). The molecule has 0 bridgehead atoms. The van der Waals surface area contributed by atoms with Crippen LogP contribution in [-0.2, 0) is 14.6 Å². The Morgan fingerprint density at radius 2 is 2.15 bits per heavy atom. The van der Waals surface area contributed by atoms with Crippen molar-refractivity contribution >= 4 is 15.7 Å². The first kappa shape index (κ1) is 12.0. The molecule has 1 N–H and O–H groups in total. The number of hydrogen-bond donors (Lipinski definition) is 1. The summed E-state index contributed by atoms with van der Waals surface area (Å²) < 4.78 is 21.8. The van der Waals surface area contributed by atoms with Gasteiger partial charge in [-0.3, -0.25) is 4.79 Å². The van der Waals surface area contributed by atoms with E-state index < -0.39 is 21.0 Å². The lowest BCUT2D eigenvalue weighted by Gasteiger charge is -2.08. The second-order valence-corrected chi connectivity index (χ2v) is 5.08. The Morgan fingerprint density at radius 1 is 1.62 bits per heavy atom. The Labute approximate surface area is 78.6 Å². The van der Waals surface area contributed by atoms with Crippen LogP contribution in [0.5, 0.6) is 0 Å². The van der Waals surface area contributed by atoms with Crippen molar-refractivity contribution in [3.8, 4) is 12.3 Å². The number of carbonyl (C=O) groups is 1. The fourth-order valence-electron chi connectivity index (χ4n) is 0.596. The van der Waals surface area contributed by atoms with Gasteiger partial charge in [0.25, 0.3) is 0 Å². The van der Waals surface area contributed by atoms with Gasteiger partial charge in [-0.05, 0) is 6.92 Å². The van der Waals surface area contributed by atoms with Crippen LogP contribution in [0.3, 0.4) is 0 Å². The zero-order valence-corrected chi connectivity index (χ0v) is 8.52. The highest BCUT2D eigenvalue weighted by Crippen LogP contribution is 1.97. The highest BCUT2D eigenvalue weighted by molar-refractivity contribution is 7.92. The second-order valence-electron chi connectivity index (χ2n) is 2.72. The van der Waals surface area contributed by atoms with E-state index in [0.29, 0.717) is 13.0 Å². The van der Waals surface area contributed by atoms with Crippen LogP contribution in [-0.4, -0.2) is 32.4 Å². The SMILES string of the molecule is C#CCCNC(=O)C(C)S(C)(=O)=O. The molecule has 13 heavy (non-hydrogen) atoms. The Bertz CT molecular complexity index is 313. The van der Waals surface area contributed by atoms with E-state index in [2.05, 4.69) is 11.2 Å². The molecule has 0 saturated heterocycles. The van der Waals surface area contributed by atoms with E-state index in [9.17, 15) is 13.2 Å². The monoisotopic (exact) mass is 203 g/mol. The normalized spacial score (nSPS) is 13.0. The topological polar surface area (TPSA) is 63.2 Å². The molecule has 1 amide bonds. The average Bonchev–Trinajstić information content (AvgIpc) is 2.01. The average molecular weight is 203 g/mol. The molecule has 0 aliphatic rings. The Kier molecular flexibility index (Phi) is 4.49. The molecule has 0 radical (unpaired) electrons. The molecule has 1 unspecified atom stereocenters. The lowest BCUT2D eigenvalue weighted by atomic mass is 10.4. The first-order valence-electron chi connectivity index (χ1n) is 3.79. The molecule has 0 saturated carbocycles. The summed E-state index contributed by atoms with van der Waals surface area (Å²) >= 11 is 0. The van der Waals surface area contributed by atoms with Crippen LogP contribution in [0.25, 0.3) is 0 Å². The van der Waals surface area contributed by atoms with Crippen molar-refractivity contribution in [2.24, 2.45) is 0 Å². The van der Waals surface area contributed by atoms with Crippen molar-refractivity contribution in [3.05, 3.63) is 0 Å². The summed E-state index contributed by atoms with van der Waals surface area (Å²) in [5.41, 5.74) is 0. The lowest BCUT2D eigenvalue weighted by molar-refractivity contribution is -0.120. The van der Waals surface area contributed by atoms with Gasteiger partial charge < -0.3 is 5.32 Å². The van der Waals surface area contributed by atoms with Gasteiger partial charge in [0.1, 0.15) is 5.25 Å². The van der Waals surface area contributed by atoms with Gasteiger partial charge in [-0.2, -0.15) is 0 Å². The first-order chi connectivity index (χ1) is 5.89. The third kappa shape index (κ3) is 4.53. The van der Waals surface area contributed by atoms with E-state index in [1.54, 1.807) is 0 Å². The quantitative estimate of drug-likeness (QED) is 0.497. The minimum atomic E-state index is -3.30. The van der Waals surface area contributed by atoms with Crippen molar-refractivity contribution in [1.82, 2.24) is 5.32 Å². The molecule has 0 rings (SSSR count). The van der Waals surface area contributed by atoms with E-state index in [1.165, 1.54) is 6.92 Å². The van der Waals surface area contributed by atoms with E-state index in [1.807, 2.05) is 0 Å². The molecule has 0 fully saturated rings.